The van der Waals surface area contributed by atoms with Gasteiger partial charge < -0.3 is 5.73 Å². The van der Waals surface area contributed by atoms with E-state index in [2.05, 4.69) is 56.0 Å². The lowest BCUT2D eigenvalue weighted by Crippen LogP contribution is -2.51. The average molecular weight is 234 g/mol. The van der Waals surface area contributed by atoms with Crippen molar-refractivity contribution in [1.82, 2.24) is 4.90 Å². The summed E-state index contributed by atoms with van der Waals surface area (Å²) in [6, 6.07) is 10.6. The van der Waals surface area contributed by atoms with Gasteiger partial charge in [-0.25, -0.2) is 0 Å². The highest BCUT2D eigenvalue weighted by Gasteiger charge is 2.27. The number of hydrogen-bond acceptors (Lipinski definition) is 2. The second kappa shape index (κ2) is 6.77. The van der Waals surface area contributed by atoms with Crippen molar-refractivity contribution < 1.29 is 0 Å². The molecule has 0 spiro atoms. The van der Waals surface area contributed by atoms with Crippen molar-refractivity contribution in [2.75, 3.05) is 13.1 Å². The lowest BCUT2D eigenvalue weighted by molar-refractivity contribution is 0.0973. The van der Waals surface area contributed by atoms with Gasteiger partial charge >= 0.3 is 0 Å². The molecule has 1 unspecified atom stereocenters. The molecule has 1 atom stereocenters. The molecule has 0 aliphatic rings. The Hall–Kier alpha value is -0.860. The summed E-state index contributed by atoms with van der Waals surface area (Å²) < 4.78 is 0. The first-order valence-corrected chi connectivity index (χ1v) is 6.65. The first-order valence-electron chi connectivity index (χ1n) is 6.65. The van der Waals surface area contributed by atoms with Crippen LogP contribution in [0.15, 0.2) is 30.3 Å². The summed E-state index contributed by atoms with van der Waals surface area (Å²) in [5.74, 6) is 0. The van der Waals surface area contributed by atoms with Crippen LogP contribution in [0.5, 0.6) is 0 Å². The molecule has 0 saturated carbocycles. The Kier molecular flexibility index (Phi) is 5.66. The van der Waals surface area contributed by atoms with E-state index in [1.807, 2.05) is 0 Å². The zero-order chi connectivity index (χ0) is 12.7. The third-order valence-corrected chi connectivity index (χ3v) is 3.67. The van der Waals surface area contributed by atoms with Crippen LogP contribution in [0.25, 0.3) is 0 Å². The highest BCUT2D eigenvalue weighted by atomic mass is 15.2. The summed E-state index contributed by atoms with van der Waals surface area (Å²) in [6.45, 7) is 9.54. The van der Waals surface area contributed by atoms with Crippen LogP contribution >= 0.6 is 0 Å². The van der Waals surface area contributed by atoms with Crippen LogP contribution in [0.2, 0.25) is 0 Å². The molecule has 96 valence electrons. The fourth-order valence-electron chi connectivity index (χ4n) is 2.11. The quantitative estimate of drug-likeness (QED) is 0.786. The van der Waals surface area contributed by atoms with Crippen LogP contribution in [-0.4, -0.2) is 23.5 Å². The fraction of sp³-hybridized carbons (Fsp3) is 0.600. The van der Waals surface area contributed by atoms with Crippen molar-refractivity contribution in [2.45, 2.75) is 45.7 Å². The van der Waals surface area contributed by atoms with Crippen LogP contribution in [0.1, 0.15) is 39.2 Å². The predicted octanol–water partition coefficient (Wildman–Crippen LogP) is 3.03. The van der Waals surface area contributed by atoms with Gasteiger partial charge in [-0.15, -0.1) is 0 Å². The minimum atomic E-state index is 0.117. The maximum absolute atomic E-state index is 5.96. The molecule has 1 rings (SSSR count). The molecule has 0 saturated heterocycles. The maximum Gasteiger partial charge on any atom is 0.0304 e. The van der Waals surface area contributed by atoms with Crippen molar-refractivity contribution >= 4 is 0 Å². The van der Waals surface area contributed by atoms with Gasteiger partial charge in [-0.05, 0) is 31.9 Å². The molecule has 0 aliphatic heterocycles. The van der Waals surface area contributed by atoms with Gasteiger partial charge in [0.25, 0.3) is 0 Å². The van der Waals surface area contributed by atoms with E-state index >= 15 is 0 Å². The van der Waals surface area contributed by atoms with Crippen LogP contribution in [0.4, 0.5) is 0 Å². The molecule has 0 aliphatic carbocycles. The van der Waals surface area contributed by atoms with Crippen molar-refractivity contribution in [1.29, 1.82) is 0 Å². The minimum absolute atomic E-state index is 0.117. The van der Waals surface area contributed by atoms with Gasteiger partial charge in [-0.2, -0.15) is 0 Å². The molecule has 0 bridgehead atoms. The Morgan fingerprint density at radius 3 is 2.29 bits per heavy atom. The van der Waals surface area contributed by atoms with E-state index in [0.717, 1.165) is 26.1 Å². The molecule has 0 radical (unpaired) electrons. The van der Waals surface area contributed by atoms with E-state index in [1.54, 1.807) is 0 Å². The molecule has 0 heterocycles. The van der Waals surface area contributed by atoms with E-state index in [4.69, 9.17) is 5.73 Å². The molecular weight excluding hydrogens is 208 g/mol. The van der Waals surface area contributed by atoms with Crippen molar-refractivity contribution in [3.8, 4) is 0 Å². The van der Waals surface area contributed by atoms with Gasteiger partial charge in [-0.3, -0.25) is 4.90 Å². The van der Waals surface area contributed by atoms with E-state index in [1.165, 1.54) is 12.0 Å². The first-order chi connectivity index (χ1) is 8.16. The molecule has 0 amide bonds. The minimum Gasteiger partial charge on any atom is -0.329 e. The summed E-state index contributed by atoms with van der Waals surface area (Å²) in [7, 11) is 0. The zero-order valence-electron chi connectivity index (χ0n) is 11.4. The summed E-state index contributed by atoms with van der Waals surface area (Å²) in [4.78, 5) is 2.52. The Morgan fingerprint density at radius 2 is 1.82 bits per heavy atom. The topological polar surface area (TPSA) is 29.3 Å². The largest absolute Gasteiger partial charge is 0.329 e. The van der Waals surface area contributed by atoms with Crippen LogP contribution in [0.3, 0.4) is 0 Å². The standard InChI is InChI=1S/C15H26N2/c1-4-11-17(15(3,5-2)13-16)12-14-9-7-6-8-10-14/h6-10H,4-5,11-13,16H2,1-3H3. The third kappa shape index (κ3) is 3.83. The highest BCUT2D eigenvalue weighted by molar-refractivity contribution is 5.15. The second-order valence-electron chi connectivity index (χ2n) is 4.96. The summed E-state index contributed by atoms with van der Waals surface area (Å²) in [5.41, 5.74) is 7.45. The van der Waals surface area contributed by atoms with E-state index in [-0.39, 0.29) is 5.54 Å². The van der Waals surface area contributed by atoms with Gasteiger partial charge in [0.15, 0.2) is 0 Å². The number of rotatable bonds is 7. The summed E-state index contributed by atoms with van der Waals surface area (Å²) in [5, 5.41) is 0. The summed E-state index contributed by atoms with van der Waals surface area (Å²) in [6.07, 6.45) is 2.26. The molecule has 0 fully saturated rings. The normalized spacial score (nSPS) is 14.9. The highest BCUT2D eigenvalue weighted by Crippen LogP contribution is 2.21. The molecule has 0 aromatic heterocycles. The zero-order valence-corrected chi connectivity index (χ0v) is 11.4. The molecule has 1 aromatic carbocycles. The maximum atomic E-state index is 5.96. The van der Waals surface area contributed by atoms with Crippen molar-refractivity contribution in [2.24, 2.45) is 5.73 Å². The molecule has 1 aromatic rings. The Bertz CT molecular complexity index is 304. The molecular formula is C15H26N2. The lowest BCUT2D eigenvalue weighted by atomic mass is 9.95. The van der Waals surface area contributed by atoms with Crippen LogP contribution in [-0.2, 0) is 6.54 Å². The van der Waals surface area contributed by atoms with Gasteiger partial charge in [0.2, 0.25) is 0 Å². The monoisotopic (exact) mass is 234 g/mol. The Morgan fingerprint density at radius 1 is 1.18 bits per heavy atom. The average Bonchev–Trinajstić information content (AvgIpc) is 2.38. The second-order valence-corrected chi connectivity index (χ2v) is 4.96. The van der Waals surface area contributed by atoms with Crippen molar-refractivity contribution in [3.63, 3.8) is 0 Å². The Labute approximate surface area is 106 Å². The van der Waals surface area contributed by atoms with Gasteiger partial charge in [0, 0.05) is 18.6 Å². The van der Waals surface area contributed by atoms with Gasteiger partial charge in [0.05, 0.1) is 0 Å². The SMILES string of the molecule is CCCN(Cc1ccccc1)C(C)(CC)CN. The molecule has 17 heavy (non-hydrogen) atoms. The van der Waals surface area contributed by atoms with E-state index in [0.29, 0.717) is 0 Å². The van der Waals surface area contributed by atoms with Crippen molar-refractivity contribution in [3.05, 3.63) is 35.9 Å². The lowest BCUT2D eigenvalue weighted by Gasteiger charge is -2.40. The number of nitrogens with zero attached hydrogens (tertiary/aromatic N) is 1. The van der Waals surface area contributed by atoms with E-state index < -0.39 is 0 Å². The number of hydrogen-bond donors (Lipinski definition) is 1. The van der Waals surface area contributed by atoms with Crippen LogP contribution in [0, 0.1) is 0 Å². The summed E-state index contributed by atoms with van der Waals surface area (Å²) >= 11 is 0. The number of nitrogens with two attached hydrogens (primary N) is 1. The molecule has 2 nitrogen and oxygen atoms in total. The van der Waals surface area contributed by atoms with Gasteiger partial charge in [0.1, 0.15) is 0 Å². The predicted molar refractivity (Wildman–Crippen MR) is 74.9 cm³/mol. The first kappa shape index (κ1) is 14.2. The van der Waals surface area contributed by atoms with Gasteiger partial charge in [-0.1, -0.05) is 44.2 Å². The van der Waals surface area contributed by atoms with Crippen LogP contribution < -0.4 is 5.73 Å². The number of benzene rings is 1. The van der Waals surface area contributed by atoms with E-state index in [9.17, 15) is 0 Å². The smallest absolute Gasteiger partial charge is 0.0304 e. The molecule has 2 N–H and O–H groups in total. The molecule has 2 heteroatoms. The third-order valence-electron chi connectivity index (χ3n) is 3.67. The fourth-order valence-corrected chi connectivity index (χ4v) is 2.11. The Balaban J connectivity index is 2.79.